The van der Waals surface area contributed by atoms with E-state index in [9.17, 15) is 5.11 Å². The average molecular weight is 250 g/mol. The fraction of sp³-hybridized carbons (Fsp3) is 0.462. The van der Waals surface area contributed by atoms with Crippen LogP contribution in [0.5, 0.6) is 0 Å². The van der Waals surface area contributed by atoms with Gasteiger partial charge in [-0.2, -0.15) is 17.0 Å². The summed E-state index contributed by atoms with van der Waals surface area (Å²) in [7, 11) is 0. The van der Waals surface area contributed by atoms with Gasteiger partial charge in [-0.3, -0.25) is 0 Å². The molecule has 0 fully saturated rings. The highest BCUT2D eigenvalue weighted by atomic mass is 32.2. The number of benzene rings is 1. The van der Waals surface area contributed by atoms with Crippen LogP contribution < -0.4 is 5.32 Å². The van der Waals surface area contributed by atoms with Crippen molar-refractivity contribution in [2.45, 2.75) is 19.4 Å². The minimum atomic E-state index is -0.767. The molecule has 0 aliphatic carbocycles. The lowest BCUT2D eigenvalue weighted by Gasteiger charge is -2.23. The van der Waals surface area contributed by atoms with E-state index in [1.54, 1.807) is 18.7 Å². The maximum absolute atomic E-state index is 10.0. The third kappa shape index (κ3) is 4.29. The smallest absolute Gasteiger partial charge is 0.101 e. The fourth-order valence-corrected chi connectivity index (χ4v) is 2.28. The van der Waals surface area contributed by atoms with Gasteiger partial charge in [-0.1, -0.05) is 6.07 Å². The van der Waals surface area contributed by atoms with Gasteiger partial charge in [0.05, 0.1) is 16.9 Å². The molecule has 1 unspecified atom stereocenters. The predicted molar refractivity (Wildman–Crippen MR) is 73.4 cm³/mol. The number of nitrogens with zero attached hydrogens (tertiary/aromatic N) is 1. The monoisotopic (exact) mass is 250 g/mol. The van der Waals surface area contributed by atoms with Crippen molar-refractivity contribution in [1.29, 1.82) is 5.26 Å². The molecular formula is C13H18N2OS. The zero-order valence-corrected chi connectivity index (χ0v) is 11.3. The molecule has 0 saturated carbocycles. The SMILES string of the molecule is CSCC(C)(O)CNc1ccc(C)cc1C#N. The van der Waals surface area contributed by atoms with Crippen LogP contribution in [0, 0.1) is 18.3 Å². The fourth-order valence-electron chi connectivity index (χ4n) is 1.55. The molecule has 1 atom stereocenters. The van der Waals surface area contributed by atoms with Gasteiger partial charge in [0.25, 0.3) is 0 Å². The van der Waals surface area contributed by atoms with Crippen molar-refractivity contribution in [2.75, 3.05) is 23.9 Å². The molecule has 1 rings (SSSR count). The number of anilines is 1. The number of rotatable bonds is 5. The summed E-state index contributed by atoms with van der Waals surface area (Å²) >= 11 is 1.60. The van der Waals surface area contributed by atoms with Gasteiger partial charge in [0.2, 0.25) is 0 Å². The Morgan fingerprint density at radius 3 is 2.82 bits per heavy atom. The summed E-state index contributed by atoms with van der Waals surface area (Å²) < 4.78 is 0. The molecule has 0 spiro atoms. The quantitative estimate of drug-likeness (QED) is 0.842. The zero-order chi connectivity index (χ0) is 12.9. The molecule has 4 heteroatoms. The second-order valence-electron chi connectivity index (χ2n) is 4.44. The van der Waals surface area contributed by atoms with E-state index in [2.05, 4.69) is 11.4 Å². The number of thioether (sulfide) groups is 1. The van der Waals surface area contributed by atoms with Crippen molar-refractivity contribution in [3.63, 3.8) is 0 Å². The van der Waals surface area contributed by atoms with E-state index in [0.717, 1.165) is 11.3 Å². The Kier molecular flexibility index (Phi) is 4.86. The van der Waals surface area contributed by atoms with Crippen LogP contribution in [0.1, 0.15) is 18.1 Å². The second kappa shape index (κ2) is 5.95. The largest absolute Gasteiger partial charge is 0.387 e. The van der Waals surface area contributed by atoms with Crippen molar-refractivity contribution in [2.24, 2.45) is 0 Å². The lowest BCUT2D eigenvalue weighted by Crippen LogP contribution is -2.36. The first-order chi connectivity index (χ1) is 7.98. The number of aryl methyl sites for hydroxylation is 1. The van der Waals surface area contributed by atoms with Crippen molar-refractivity contribution >= 4 is 17.4 Å². The van der Waals surface area contributed by atoms with Crippen molar-refractivity contribution in [1.82, 2.24) is 0 Å². The van der Waals surface area contributed by atoms with Gasteiger partial charge >= 0.3 is 0 Å². The van der Waals surface area contributed by atoms with Crippen LogP contribution in [-0.4, -0.2) is 29.3 Å². The van der Waals surface area contributed by atoms with Gasteiger partial charge in [0.15, 0.2) is 0 Å². The zero-order valence-electron chi connectivity index (χ0n) is 10.4. The van der Waals surface area contributed by atoms with Gasteiger partial charge in [0, 0.05) is 12.3 Å². The van der Waals surface area contributed by atoms with E-state index in [1.165, 1.54) is 0 Å². The maximum atomic E-state index is 10.0. The second-order valence-corrected chi connectivity index (χ2v) is 5.31. The molecule has 0 amide bonds. The molecule has 92 valence electrons. The van der Waals surface area contributed by atoms with Crippen LogP contribution in [0.4, 0.5) is 5.69 Å². The summed E-state index contributed by atoms with van der Waals surface area (Å²) in [4.78, 5) is 0. The summed E-state index contributed by atoms with van der Waals surface area (Å²) in [5, 5.41) is 22.2. The molecule has 0 aliphatic heterocycles. The molecule has 1 aromatic rings. The molecule has 0 saturated heterocycles. The van der Waals surface area contributed by atoms with Crippen LogP contribution in [0.15, 0.2) is 18.2 Å². The number of nitriles is 1. The van der Waals surface area contributed by atoms with Crippen LogP contribution in [0.25, 0.3) is 0 Å². The number of hydrogen-bond donors (Lipinski definition) is 2. The average Bonchev–Trinajstić information content (AvgIpc) is 2.27. The Labute approximate surface area is 107 Å². The van der Waals surface area contributed by atoms with Crippen molar-refractivity contribution in [3.8, 4) is 6.07 Å². The maximum Gasteiger partial charge on any atom is 0.101 e. The van der Waals surface area contributed by atoms with E-state index in [-0.39, 0.29) is 0 Å². The van der Waals surface area contributed by atoms with Gasteiger partial charge in [-0.15, -0.1) is 0 Å². The van der Waals surface area contributed by atoms with E-state index in [0.29, 0.717) is 17.9 Å². The lowest BCUT2D eigenvalue weighted by atomic mass is 10.1. The molecule has 0 aliphatic rings. The summed E-state index contributed by atoms with van der Waals surface area (Å²) in [6.45, 7) is 4.18. The van der Waals surface area contributed by atoms with Gasteiger partial charge in [-0.05, 0) is 37.8 Å². The van der Waals surface area contributed by atoms with Crippen LogP contribution in [-0.2, 0) is 0 Å². The van der Waals surface area contributed by atoms with E-state index < -0.39 is 5.60 Å². The number of aliphatic hydroxyl groups is 1. The molecule has 3 nitrogen and oxygen atoms in total. The normalized spacial score (nSPS) is 13.8. The molecule has 2 N–H and O–H groups in total. The van der Waals surface area contributed by atoms with E-state index in [4.69, 9.17) is 5.26 Å². The molecular weight excluding hydrogens is 232 g/mol. The molecule has 17 heavy (non-hydrogen) atoms. The highest BCUT2D eigenvalue weighted by molar-refractivity contribution is 7.98. The minimum absolute atomic E-state index is 0.436. The van der Waals surface area contributed by atoms with E-state index in [1.807, 2.05) is 31.4 Å². The summed E-state index contributed by atoms with van der Waals surface area (Å²) in [5.41, 5.74) is 1.68. The molecule has 0 aromatic heterocycles. The first kappa shape index (κ1) is 13.9. The first-order valence-electron chi connectivity index (χ1n) is 5.44. The van der Waals surface area contributed by atoms with Crippen molar-refractivity contribution in [3.05, 3.63) is 29.3 Å². The molecule has 0 bridgehead atoms. The Morgan fingerprint density at radius 1 is 1.53 bits per heavy atom. The van der Waals surface area contributed by atoms with Crippen LogP contribution in [0.2, 0.25) is 0 Å². The molecule has 1 aromatic carbocycles. The van der Waals surface area contributed by atoms with Gasteiger partial charge < -0.3 is 10.4 Å². The third-order valence-electron chi connectivity index (χ3n) is 2.41. The Hall–Kier alpha value is -1.18. The molecule has 0 radical (unpaired) electrons. The predicted octanol–water partition coefficient (Wildman–Crippen LogP) is 2.39. The first-order valence-corrected chi connectivity index (χ1v) is 6.84. The number of hydrogen-bond acceptors (Lipinski definition) is 4. The molecule has 0 heterocycles. The standard InChI is InChI=1S/C13H18N2OS/c1-10-4-5-12(11(6-10)7-14)15-8-13(2,16)9-17-3/h4-6,15-16H,8-9H2,1-3H3. The number of nitrogens with one attached hydrogen (secondary N) is 1. The Balaban J connectivity index is 2.73. The topological polar surface area (TPSA) is 56.0 Å². The van der Waals surface area contributed by atoms with Gasteiger partial charge in [-0.25, -0.2) is 0 Å². The third-order valence-corrected chi connectivity index (χ3v) is 3.32. The highest BCUT2D eigenvalue weighted by Gasteiger charge is 2.19. The lowest BCUT2D eigenvalue weighted by molar-refractivity contribution is 0.0997. The van der Waals surface area contributed by atoms with Crippen LogP contribution in [0.3, 0.4) is 0 Å². The summed E-state index contributed by atoms with van der Waals surface area (Å²) in [5.74, 6) is 0.660. The van der Waals surface area contributed by atoms with Crippen LogP contribution >= 0.6 is 11.8 Å². The summed E-state index contributed by atoms with van der Waals surface area (Å²) in [6, 6.07) is 7.82. The minimum Gasteiger partial charge on any atom is -0.387 e. The van der Waals surface area contributed by atoms with Crippen molar-refractivity contribution < 1.29 is 5.11 Å². The van der Waals surface area contributed by atoms with E-state index >= 15 is 0 Å². The highest BCUT2D eigenvalue weighted by Crippen LogP contribution is 2.18. The van der Waals surface area contributed by atoms with Gasteiger partial charge in [0.1, 0.15) is 6.07 Å². The Morgan fingerprint density at radius 2 is 2.24 bits per heavy atom. The Bertz CT molecular complexity index is 424. The summed E-state index contributed by atoms with van der Waals surface area (Å²) in [6.07, 6.45) is 1.96.